The molecule has 0 aliphatic carbocycles. The zero-order valence-electron chi connectivity index (χ0n) is 18.2. The molecule has 0 amide bonds. The van der Waals surface area contributed by atoms with Crippen molar-refractivity contribution in [2.24, 2.45) is 0 Å². The molecule has 0 radical (unpaired) electrons. The normalized spacial score (nSPS) is 8.39. The minimum Gasteiger partial charge on any atom is -0.814 e. The largest absolute Gasteiger partial charge is 4.00 e. The summed E-state index contributed by atoms with van der Waals surface area (Å²) < 4.78 is 0. The summed E-state index contributed by atoms with van der Waals surface area (Å²) in [6, 6.07) is 22.2. The van der Waals surface area contributed by atoms with Crippen molar-refractivity contribution in [2.45, 2.75) is 20.4 Å². The third-order valence-corrected chi connectivity index (χ3v) is 3.09. The van der Waals surface area contributed by atoms with Gasteiger partial charge in [0.25, 0.3) is 0 Å². The van der Waals surface area contributed by atoms with Gasteiger partial charge in [0.05, 0.1) is 11.4 Å². The number of benzene rings is 1. The van der Waals surface area contributed by atoms with Crippen LogP contribution < -0.4 is 0 Å². The summed E-state index contributed by atoms with van der Waals surface area (Å²) in [6.45, 7) is 3.98. The Hall–Kier alpha value is -3.07. The van der Waals surface area contributed by atoms with Crippen LogP contribution in [0.25, 0.3) is 22.2 Å². The first-order valence-electron chi connectivity index (χ1n) is 9.24. The van der Waals surface area contributed by atoms with Crippen LogP contribution in [-0.4, -0.2) is 41.4 Å². The molecule has 0 aliphatic heterocycles. The Kier molecular flexibility index (Phi) is 19.6. The smallest absolute Gasteiger partial charge is 0.814 e. The molecule has 0 atom stereocenters. The van der Waals surface area contributed by atoms with Crippen LogP contribution in [0.5, 0.6) is 0 Å². The number of pyridine rings is 2. The molecular formula is C24H27N6Ru+. The molecule has 7 heteroatoms. The summed E-state index contributed by atoms with van der Waals surface area (Å²) in [7, 11) is 4.01. The van der Waals surface area contributed by atoms with Crippen LogP contribution in [0.15, 0.2) is 67.0 Å². The molecule has 0 unspecified atom stereocenters. The van der Waals surface area contributed by atoms with E-state index in [-0.39, 0.29) is 19.5 Å². The molecule has 2 aromatic heterocycles. The minimum absolute atomic E-state index is 0. The van der Waals surface area contributed by atoms with Crippen LogP contribution in [0.2, 0.25) is 0 Å². The first kappa shape index (κ1) is 30.1. The van der Waals surface area contributed by atoms with Gasteiger partial charge < -0.3 is 15.7 Å². The van der Waals surface area contributed by atoms with Gasteiger partial charge in [-0.3, -0.25) is 9.97 Å². The summed E-state index contributed by atoms with van der Waals surface area (Å²) in [5.41, 5.74) is 3.60. The standard InChI is InChI=1S/C10H8N2.C10H11N2.2C2H4N.Ru/c1-3-7-11-9(5-1)10-6-2-4-8-12-10;1-12(2)8-10-5-3-9(7-11)4-6-10;2*1-2-3;/h1-8H;3-5H,8H2,1-2H3;2*2H,1H3;/q;3*-1;+4. The van der Waals surface area contributed by atoms with Crippen molar-refractivity contribution >= 4 is 12.4 Å². The van der Waals surface area contributed by atoms with Crippen molar-refractivity contribution in [1.29, 1.82) is 5.26 Å². The van der Waals surface area contributed by atoms with E-state index in [1.54, 1.807) is 32.3 Å². The Balaban J connectivity index is 0. The molecule has 1 aromatic carbocycles. The summed E-state index contributed by atoms with van der Waals surface area (Å²) in [5, 5.41) is 23.4. The van der Waals surface area contributed by atoms with Gasteiger partial charge in [0, 0.05) is 25.0 Å². The molecule has 2 heterocycles. The van der Waals surface area contributed by atoms with Crippen molar-refractivity contribution in [3.05, 3.63) is 95.0 Å². The van der Waals surface area contributed by atoms with Gasteiger partial charge in [-0.05, 0) is 38.4 Å². The maximum Gasteiger partial charge on any atom is 4.00 e. The predicted octanol–water partition coefficient (Wildman–Crippen LogP) is 4.85. The first-order chi connectivity index (χ1) is 14.5. The van der Waals surface area contributed by atoms with Crippen molar-refractivity contribution in [1.82, 2.24) is 14.9 Å². The van der Waals surface area contributed by atoms with Crippen LogP contribution >= 0.6 is 0 Å². The number of rotatable bonds is 3. The van der Waals surface area contributed by atoms with E-state index in [9.17, 15) is 0 Å². The molecule has 6 nitrogen and oxygen atoms in total. The molecule has 31 heavy (non-hydrogen) atoms. The zero-order valence-corrected chi connectivity index (χ0v) is 20.0. The average Bonchev–Trinajstić information content (AvgIpc) is 2.77. The van der Waals surface area contributed by atoms with E-state index in [0.29, 0.717) is 5.56 Å². The molecule has 0 aliphatic rings. The fourth-order valence-electron chi connectivity index (χ4n) is 1.99. The van der Waals surface area contributed by atoms with Crippen LogP contribution in [0.4, 0.5) is 0 Å². The van der Waals surface area contributed by atoms with E-state index >= 15 is 0 Å². The van der Waals surface area contributed by atoms with Gasteiger partial charge in [-0.25, -0.2) is 17.7 Å². The van der Waals surface area contributed by atoms with Gasteiger partial charge >= 0.3 is 19.5 Å². The van der Waals surface area contributed by atoms with Crippen LogP contribution in [0.3, 0.4) is 0 Å². The van der Waals surface area contributed by atoms with E-state index in [4.69, 9.17) is 16.1 Å². The number of nitrogens with zero attached hydrogens (tertiary/aromatic N) is 6. The molecule has 0 N–H and O–H groups in total. The van der Waals surface area contributed by atoms with Crippen LogP contribution in [0, 0.1) is 17.4 Å². The van der Waals surface area contributed by atoms with E-state index < -0.39 is 0 Å². The summed E-state index contributed by atoms with van der Waals surface area (Å²) in [4.78, 5) is 10.4. The van der Waals surface area contributed by atoms with Gasteiger partial charge in [-0.1, -0.05) is 31.5 Å². The third kappa shape index (κ3) is 15.4. The molecule has 0 fully saturated rings. The molecule has 0 bridgehead atoms. The molecular weight excluding hydrogens is 473 g/mol. The SMILES string of the molecule is CC=[N-].CC=[N-].CN(C)Cc1[c-]cc(C#N)cc1.[Ru+4].c1ccc(-c2ccccn2)nc1. The number of hydrogen-bond donors (Lipinski definition) is 0. The quantitative estimate of drug-likeness (QED) is 0.292. The Bertz CT molecular complexity index is 817. The second-order valence-corrected chi connectivity index (χ2v) is 5.90. The zero-order chi connectivity index (χ0) is 22.6. The predicted molar refractivity (Wildman–Crippen MR) is 125 cm³/mol. The minimum atomic E-state index is 0. The van der Waals surface area contributed by atoms with Crippen molar-refractivity contribution in [2.75, 3.05) is 14.1 Å². The number of aromatic nitrogens is 2. The van der Waals surface area contributed by atoms with Gasteiger partial charge in [-0.2, -0.15) is 24.3 Å². The maximum atomic E-state index is 8.53. The fourth-order valence-corrected chi connectivity index (χ4v) is 1.99. The van der Waals surface area contributed by atoms with Gasteiger partial charge in [0.2, 0.25) is 0 Å². The molecule has 160 valence electrons. The second-order valence-electron chi connectivity index (χ2n) is 5.90. The van der Waals surface area contributed by atoms with E-state index in [0.717, 1.165) is 35.9 Å². The molecule has 0 saturated heterocycles. The molecule has 3 rings (SSSR count). The third-order valence-electron chi connectivity index (χ3n) is 3.09. The van der Waals surface area contributed by atoms with Gasteiger partial charge in [-0.15, -0.1) is 5.56 Å². The van der Waals surface area contributed by atoms with Crippen LogP contribution in [0.1, 0.15) is 25.0 Å². The topological polar surface area (TPSA) is 97.4 Å². The van der Waals surface area contributed by atoms with Gasteiger partial charge in [0.1, 0.15) is 0 Å². The number of nitriles is 1. The second kappa shape index (κ2) is 20.2. The van der Waals surface area contributed by atoms with E-state index in [1.165, 1.54) is 0 Å². The fraction of sp³-hybridized carbons (Fsp3) is 0.208. The van der Waals surface area contributed by atoms with E-state index in [2.05, 4.69) is 27.0 Å². The number of hydrogen-bond acceptors (Lipinski definition) is 4. The average molecular weight is 501 g/mol. The van der Waals surface area contributed by atoms with Crippen molar-refractivity contribution < 1.29 is 19.5 Å². The first-order valence-corrected chi connectivity index (χ1v) is 9.24. The maximum absolute atomic E-state index is 8.53. The Morgan fingerprint density at radius 3 is 1.71 bits per heavy atom. The Labute approximate surface area is 198 Å². The van der Waals surface area contributed by atoms with Crippen LogP contribution in [-0.2, 0) is 26.0 Å². The summed E-state index contributed by atoms with van der Waals surface area (Å²) in [6.07, 6.45) is 5.54. The summed E-state index contributed by atoms with van der Waals surface area (Å²) in [5.74, 6) is 0. The Morgan fingerprint density at radius 2 is 1.42 bits per heavy atom. The van der Waals surface area contributed by atoms with E-state index in [1.807, 2.05) is 62.6 Å². The monoisotopic (exact) mass is 501 g/mol. The van der Waals surface area contributed by atoms with Crippen molar-refractivity contribution in [3.63, 3.8) is 0 Å². The van der Waals surface area contributed by atoms with Crippen molar-refractivity contribution in [3.8, 4) is 17.5 Å². The van der Waals surface area contributed by atoms with Gasteiger partial charge in [0.15, 0.2) is 0 Å². The molecule has 0 saturated carbocycles. The molecule has 0 spiro atoms. The molecule has 3 aromatic rings. The Morgan fingerprint density at radius 1 is 0.935 bits per heavy atom. The summed E-state index contributed by atoms with van der Waals surface area (Å²) >= 11 is 0.